The van der Waals surface area contributed by atoms with Gasteiger partial charge in [-0.05, 0) is 70.6 Å². The Hall–Kier alpha value is -1.80. The smallest absolute Gasteiger partial charge is 0.457 e. The van der Waals surface area contributed by atoms with Crippen LogP contribution >= 0.6 is 7.82 Å². The summed E-state index contributed by atoms with van der Waals surface area (Å²) >= 11 is 0. The van der Waals surface area contributed by atoms with Crippen molar-refractivity contribution in [2.75, 3.05) is 54.1 Å². The van der Waals surface area contributed by atoms with Gasteiger partial charge in [0.25, 0.3) is 0 Å². The van der Waals surface area contributed by atoms with Crippen molar-refractivity contribution in [3.8, 4) is 0 Å². The summed E-state index contributed by atoms with van der Waals surface area (Å²) in [6.45, 7) is 5.34. The van der Waals surface area contributed by atoms with Crippen LogP contribution < -0.4 is 0 Å². The van der Waals surface area contributed by atoms with Crippen LogP contribution in [-0.2, 0) is 27.9 Å². The minimum absolute atomic E-state index is 0.0781. The van der Waals surface area contributed by atoms with Gasteiger partial charge in [-0.2, -0.15) is 0 Å². The van der Waals surface area contributed by atoms with E-state index in [9.17, 15) is 14.3 Å². The number of hydrogen-bond acceptors (Lipinski definition) is 6. The van der Waals surface area contributed by atoms with E-state index in [0.29, 0.717) is 24.1 Å². The molecule has 9 heteroatoms. The molecule has 0 amide bonds. The molecule has 49 heavy (non-hydrogen) atoms. The van der Waals surface area contributed by atoms with Crippen molar-refractivity contribution in [3.63, 3.8) is 0 Å². The molecule has 0 radical (unpaired) electrons. The van der Waals surface area contributed by atoms with Crippen molar-refractivity contribution in [1.29, 1.82) is 0 Å². The third-order valence-electron chi connectivity index (χ3n) is 7.54. The van der Waals surface area contributed by atoms with Gasteiger partial charge in [-0.1, -0.05) is 113 Å². The van der Waals surface area contributed by atoms with Crippen LogP contribution in [0.15, 0.2) is 60.8 Å². The van der Waals surface area contributed by atoms with E-state index >= 15 is 0 Å². The summed E-state index contributed by atoms with van der Waals surface area (Å²) < 4.78 is 34.8. The molecule has 0 aromatic carbocycles. The molecule has 0 fully saturated rings. The van der Waals surface area contributed by atoms with Gasteiger partial charge in [-0.25, -0.2) is 4.57 Å². The number of rotatable bonds is 34. The summed E-state index contributed by atoms with van der Waals surface area (Å²) in [6, 6.07) is 0. The maximum atomic E-state index is 12.6. The monoisotopic (exact) mass is 711 g/mol. The van der Waals surface area contributed by atoms with Crippen molar-refractivity contribution in [3.05, 3.63) is 60.8 Å². The Bertz CT molecular complexity index is 968. The van der Waals surface area contributed by atoms with Crippen LogP contribution in [0.4, 0.5) is 0 Å². The maximum Gasteiger partial charge on any atom is 0.472 e. The van der Waals surface area contributed by atoms with Gasteiger partial charge in [0.15, 0.2) is 0 Å². The summed E-state index contributed by atoms with van der Waals surface area (Å²) in [6.07, 6.45) is 39.6. The lowest BCUT2D eigenvalue weighted by molar-refractivity contribution is -0.870. The molecule has 0 saturated heterocycles. The molecule has 0 spiro atoms. The van der Waals surface area contributed by atoms with E-state index in [0.717, 1.165) is 103 Å². The predicted molar refractivity (Wildman–Crippen MR) is 205 cm³/mol. The van der Waals surface area contributed by atoms with Gasteiger partial charge in [0.2, 0.25) is 0 Å². The van der Waals surface area contributed by atoms with E-state index < -0.39 is 13.9 Å². The second-order valence-electron chi connectivity index (χ2n) is 13.6. The number of quaternary nitrogens is 1. The average Bonchev–Trinajstić information content (AvgIpc) is 3.04. The third-order valence-corrected chi connectivity index (χ3v) is 8.53. The number of likely N-dealkylation sites (N-methyl/N-ethyl adjacent to an activating group) is 1. The number of allylic oxidation sites excluding steroid dienone is 10. The van der Waals surface area contributed by atoms with E-state index in [1.165, 1.54) is 6.42 Å². The fourth-order valence-corrected chi connectivity index (χ4v) is 5.34. The van der Waals surface area contributed by atoms with Crippen molar-refractivity contribution in [1.82, 2.24) is 0 Å². The Labute approximate surface area is 300 Å². The van der Waals surface area contributed by atoms with Gasteiger partial charge in [-0.3, -0.25) is 13.8 Å². The standard InChI is InChI=1S/C40H72NO7P/c1-6-8-10-12-14-16-18-20-22-24-26-28-30-32-35-45-37-39(38-47-49(43,44)46-36-34-41(3,4)5)48-40(42)33-31-29-27-25-23-21-19-17-15-13-11-9-7-2/h8,10-11,13-14,16-17,19-20,22,39H,6-7,9,12,15,18,21,23-38H2,1-5H3/p+1/b10-8-,13-11-,16-14-,19-17-,22-20-. The molecule has 0 aliphatic heterocycles. The summed E-state index contributed by atoms with van der Waals surface area (Å²) in [7, 11) is 1.63. The van der Waals surface area contributed by atoms with Crippen LogP contribution in [0.1, 0.15) is 129 Å². The normalized spacial score (nSPS) is 14.7. The zero-order chi connectivity index (χ0) is 36.3. The largest absolute Gasteiger partial charge is 0.472 e. The maximum absolute atomic E-state index is 12.6. The molecule has 2 atom stereocenters. The van der Waals surface area contributed by atoms with Crippen LogP contribution in [0.2, 0.25) is 0 Å². The molecule has 8 nitrogen and oxygen atoms in total. The Balaban J connectivity index is 4.39. The number of nitrogens with zero attached hydrogens (tertiary/aromatic N) is 1. The van der Waals surface area contributed by atoms with Gasteiger partial charge in [0, 0.05) is 13.0 Å². The van der Waals surface area contributed by atoms with Gasteiger partial charge in [0.1, 0.15) is 19.3 Å². The highest BCUT2D eigenvalue weighted by atomic mass is 31.2. The van der Waals surface area contributed by atoms with Crippen molar-refractivity contribution >= 4 is 13.8 Å². The van der Waals surface area contributed by atoms with Gasteiger partial charge >= 0.3 is 13.8 Å². The van der Waals surface area contributed by atoms with Crippen LogP contribution in [0.5, 0.6) is 0 Å². The first kappa shape index (κ1) is 47.2. The van der Waals surface area contributed by atoms with E-state index in [1.54, 1.807) is 0 Å². The fourth-order valence-electron chi connectivity index (χ4n) is 4.60. The molecule has 284 valence electrons. The van der Waals surface area contributed by atoms with Crippen LogP contribution in [0, 0.1) is 0 Å². The highest BCUT2D eigenvalue weighted by Crippen LogP contribution is 2.43. The second kappa shape index (κ2) is 33.3. The topological polar surface area (TPSA) is 91.3 Å². The molecular weight excluding hydrogens is 637 g/mol. The molecule has 0 aromatic rings. The highest BCUT2D eigenvalue weighted by Gasteiger charge is 2.26. The molecular formula is C40H73NO7P+. The average molecular weight is 711 g/mol. The van der Waals surface area contributed by atoms with Crippen molar-refractivity contribution in [2.45, 2.75) is 136 Å². The Morgan fingerprint density at radius 2 is 1.18 bits per heavy atom. The molecule has 0 saturated carbocycles. The first-order chi connectivity index (χ1) is 23.6. The summed E-state index contributed by atoms with van der Waals surface area (Å²) in [5.74, 6) is -0.341. The van der Waals surface area contributed by atoms with Gasteiger partial charge in [0.05, 0.1) is 34.4 Å². The lowest BCUT2D eigenvalue weighted by Crippen LogP contribution is -2.37. The minimum atomic E-state index is -4.28. The number of esters is 1. The quantitative estimate of drug-likeness (QED) is 0.0234. The molecule has 0 heterocycles. The Morgan fingerprint density at radius 1 is 0.653 bits per heavy atom. The van der Waals surface area contributed by atoms with E-state index in [4.69, 9.17) is 18.5 Å². The number of hydrogen-bond donors (Lipinski definition) is 1. The first-order valence-corrected chi connectivity index (χ1v) is 20.5. The molecule has 0 aliphatic carbocycles. The number of ether oxygens (including phenoxy) is 2. The fraction of sp³-hybridized carbons (Fsp3) is 0.725. The molecule has 0 aliphatic rings. The number of phosphoric ester groups is 1. The number of unbranched alkanes of at least 4 members (excludes halogenated alkanes) is 10. The first-order valence-electron chi connectivity index (χ1n) is 19.0. The second-order valence-corrected chi connectivity index (χ2v) is 15.0. The van der Waals surface area contributed by atoms with Crippen LogP contribution in [0.3, 0.4) is 0 Å². The minimum Gasteiger partial charge on any atom is -0.457 e. The molecule has 2 unspecified atom stereocenters. The van der Waals surface area contributed by atoms with Crippen LogP contribution in [0.25, 0.3) is 0 Å². The number of phosphoric acid groups is 1. The van der Waals surface area contributed by atoms with Gasteiger partial charge < -0.3 is 18.9 Å². The number of carbonyl (C=O) groups excluding carboxylic acids is 1. The number of carbonyl (C=O) groups is 1. The van der Waals surface area contributed by atoms with E-state index in [-0.39, 0.29) is 25.8 Å². The van der Waals surface area contributed by atoms with E-state index in [1.807, 2.05) is 21.1 Å². The zero-order valence-corrected chi connectivity index (χ0v) is 32.8. The van der Waals surface area contributed by atoms with Crippen LogP contribution in [-0.4, -0.2) is 75.6 Å². The Kier molecular flexibility index (Phi) is 32.1. The lowest BCUT2D eigenvalue weighted by Gasteiger charge is -2.24. The van der Waals surface area contributed by atoms with Gasteiger partial charge in [-0.15, -0.1) is 0 Å². The molecule has 0 bridgehead atoms. The summed E-state index contributed by atoms with van der Waals surface area (Å²) in [5.41, 5.74) is 0. The predicted octanol–water partition coefficient (Wildman–Crippen LogP) is 10.6. The SMILES string of the molecule is CC/C=C\C/C=C\C/C=C\CCCCCCOCC(COP(=O)(O)OCC[N+](C)(C)C)OC(=O)CCCCCCC/C=C\C/C=C\CCC. The third kappa shape index (κ3) is 37.3. The molecule has 0 rings (SSSR count). The van der Waals surface area contributed by atoms with Crippen molar-refractivity contribution in [2.24, 2.45) is 0 Å². The molecule has 1 N–H and O–H groups in total. The summed E-state index contributed by atoms with van der Waals surface area (Å²) in [4.78, 5) is 22.8. The summed E-state index contributed by atoms with van der Waals surface area (Å²) in [5, 5.41) is 0. The Morgan fingerprint density at radius 3 is 1.78 bits per heavy atom. The zero-order valence-electron chi connectivity index (χ0n) is 31.9. The lowest BCUT2D eigenvalue weighted by atomic mass is 10.1. The highest BCUT2D eigenvalue weighted by molar-refractivity contribution is 7.47. The molecule has 0 aromatic heterocycles. The van der Waals surface area contributed by atoms with E-state index in [2.05, 4.69) is 74.6 Å². The van der Waals surface area contributed by atoms with Crippen molar-refractivity contribution < 1.29 is 37.3 Å².